The Morgan fingerprint density at radius 1 is 1.24 bits per heavy atom. The van der Waals surface area contributed by atoms with E-state index in [0.29, 0.717) is 6.54 Å². The summed E-state index contributed by atoms with van der Waals surface area (Å²) in [5.41, 5.74) is 2.26. The number of methoxy groups -OCH3 is 2. The van der Waals surface area contributed by atoms with Gasteiger partial charge in [-0.15, -0.1) is 0 Å². The Labute approximate surface area is 125 Å². The Morgan fingerprint density at radius 3 is 2.71 bits per heavy atom. The Balaban J connectivity index is 2.09. The van der Waals surface area contributed by atoms with E-state index in [1.807, 2.05) is 35.1 Å². The molecule has 0 saturated heterocycles. The number of benzene rings is 1. The van der Waals surface area contributed by atoms with E-state index in [1.54, 1.807) is 14.2 Å². The highest BCUT2D eigenvalue weighted by Crippen LogP contribution is 2.30. The summed E-state index contributed by atoms with van der Waals surface area (Å²) in [7, 11) is 3.31. The largest absolute Gasteiger partial charge is 0.493 e. The van der Waals surface area contributed by atoms with E-state index in [4.69, 9.17) is 9.47 Å². The average Bonchev–Trinajstić information content (AvgIpc) is 3.00. The molecule has 114 valence electrons. The van der Waals surface area contributed by atoms with Crippen LogP contribution in [0, 0.1) is 0 Å². The molecule has 2 aromatic rings. The van der Waals surface area contributed by atoms with Gasteiger partial charge in [-0.2, -0.15) is 5.10 Å². The first kappa shape index (κ1) is 15.4. The molecule has 0 aliphatic rings. The third-order valence-corrected chi connectivity index (χ3v) is 3.58. The summed E-state index contributed by atoms with van der Waals surface area (Å²) in [4.78, 5) is 0. The molecule has 1 atom stereocenters. The summed E-state index contributed by atoms with van der Waals surface area (Å²) in [6.07, 6.45) is 1.84. The van der Waals surface area contributed by atoms with Gasteiger partial charge in [-0.1, -0.05) is 12.1 Å². The van der Waals surface area contributed by atoms with Gasteiger partial charge in [0.15, 0.2) is 11.5 Å². The van der Waals surface area contributed by atoms with Crippen molar-refractivity contribution < 1.29 is 9.47 Å². The molecule has 0 bridgehead atoms. The topological polar surface area (TPSA) is 48.3 Å². The predicted molar refractivity (Wildman–Crippen MR) is 82.7 cm³/mol. The van der Waals surface area contributed by atoms with Crippen molar-refractivity contribution in [3.63, 3.8) is 0 Å². The summed E-state index contributed by atoms with van der Waals surface area (Å²) < 4.78 is 12.8. The number of ether oxygens (including phenoxy) is 2. The lowest BCUT2D eigenvalue weighted by Gasteiger charge is -2.17. The number of hydrogen-bond acceptors (Lipinski definition) is 4. The molecule has 0 aliphatic heterocycles. The molecule has 5 heteroatoms. The van der Waals surface area contributed by atoms with Crippen molar-refractivity contribution in [3.05, 3.63) is 41.7 Å². The van der Waals surface area contributed by atoms with Crippen LogP contribution >= 0.6 is 0 Å². The van der Waals surface area contributed by atoms with Crippen LogP contribution in [0.2, 0.25) is 0 Å². The van der Waals surface area contributed by atoms with Crippen molar-refractivity contribution in [1.82, 2.24) is 15.1 Å². The SMILES string of the molecule is CCn1nccc1C(C)NCc1cccc(OC)c1OC. The number of nitrogens with one attached hydrogen (secondary N) is 1. The second-order valence-electron chi connectivity index (χ2n) is 4.83. The maximum absolute atomic E-state index is 5.45. The van der Waals surface area contributed by atoms with Gasteiger partial charge in [0.25, 0.3) is 0 Å². The Kier molecular flexibility index (Phi) is 5.22. The highest BCUT2D eigenvalue weighted by molar-refractivity contribution is 5.46. The maximum atomic E-state index is 5.45. The normalized spacial score (nSPS) is 12.2. The molecular formula is C16H23N3O2. The molecule has 1 aromatic carbocycles. The first-order valence-electron chi connectivity index (χ1n) is 7.16. The predicted octanol–water partition coefficient (Wildman–Crippen LogP) is 2.77. The van der Waals surface area contributed by atoms with Gasteiger partial charge in [0, 0.05) is 30.9 Å². The number of para-hydroxylation sites is 1. The zero-order valence-electron chi connectivity index (χ0n) is 13.1. The lowest BCUT2D eigenvalue weighted by atomic mass is 10.1. The van der Waals surface area contributed by atoms with Crippen LogP contribution in [0.3, 0.4) is 0 Å². The Hall–Kier alpha value is -2.01. The molecular weight excluding hydrogens is 266 g/mol. The van der Waals surface area contributed by atoms with E-state index >= 15 is 0 Å². The lowest BCUT2D eigenvalue weighted by Crippen LogP contribution is -2.21. The van der Waals surface area contributed by atoms with Crippen molar-refractivity contribution in [3.8, 4) is 11.5 Å². The zero-order valence-corrected chi connectivity index (χ0v) is 13.1. The van der Waals surface area contributed by atoms with E-state index in [2.05, 4.69) is 24.3 Å². The fraction of sp³-hybridized carbons (Fsp3) is 0.438. The van der Waals surface area contributed by atoms with Gasteiger partial charge in [0.1, 0.15) is 0 Å². The molecule has 0 aliphatic carbocycles. The van der Waals surface area contributed by atoms with Crippen LogP contribution in [-0.2, 0) is 13.1 Å². The van der Waals surface area contributed by atoms with E-state index < -0.39 is 0 Å². The Morgan fingerprint density at radius 2 is 2.05 bits per heavy atom. The minimum atomic E-state index is 0.211. The summed E-state index contributed by atoms with van der Waals surface area (Å²) in [6, 6.07) is 8.17. The molecule has 1 aromatic heterocycles. The molecule has 2 rings (SSSR count). The van der Waals surface area contributed by atoms with Crippen LogP contribution in [0.25, 0.3) is 0 Å². The lowest BCUT2D eigenvalue weighted by molar-refractivity contribution is 0.349. The smallest absolute Gasteiger partial charge is 0.165 e. The van der Waals surface area contributed by atoms with Crippen LogP contribution in [0.4, 0.5) is 0 Å². The molecule has 0 spiro atoms. The summed E-state index contributed by atoms with van der Waals surface area (Å²) >= 11 is 0. The maximum Gasteiger partial charge on any atom is 0.165 e. The number of rotatable bonds is 7. The van der Waals surface area contributed by atoms with Gasteiger partial charge in [-0.3, -0.25) is 4.68 Å². The van der Waals surface area contributed by atoms with Crippen molar-refractivity contribution in [2.24, 2.45) is 0 Å². The van der Waals surface area contributed by atoms with E-state index in [0.717, 1.165) is 23.6 Å². The van der Waals surface area contributed by atoms with Crippen molar-refractivity contribution >= 4 is 0 Å². The number of hydrogen-bond donors (Lipinski definition) is 1. The summed E-state index contributed by atoms with van der Waals surface area (Å²) in [5.74, 6) is 1.53. The number of aromatic nitrogens is 2. The van der Waals surface area contributed by atoms with E-state index in [9.17, 15) is 0 Å². The highest BCUT2D eigenvalue weighted by atomic mass is 16.5. The molecule has 0 radical (unpaired) electrons. The third kappa shape index (κ3) is 3.36. The molecule has 0 amide bonds. The van der Waals surface area contributed by atoms with Crippen LogP contribution in [0.15, 0.2) is 30.5 Å². The van der Waals surface area contributed by atoms with Gasteiger partial charge >= 0.3 is 0 Å². The second-order valence-corrected chi connectivity index (χ2v) is 4.83. The second kappa shape index (κ2) is 7.13. The number of aryl methyl sites for hydroxylation is 1. The minimum Gasteiger partial charge on any atom is -0.493 e. The summed E-state index contributed by atoms with van der Waals surface area (Å²) in [5, 5.41) is 7.81. The number of nitrogens with zero attached hydrogens (tertiary/aromatic N) is 2. The quantitative estimate of drug-likeness (QED) is 0.851. The third-order valence-electron chi connectivity index (χ3n) is 3.58. The zero-order chi connectivity index (χ0) is 15.2. The minimum absolute atomic E-state index is 0.211. The van der Waals surface area contributed by atoms with Gasteiger partial charge in [0.05, 0.1) is 19.9 Å². The van der Waals surface area contributed by atoms with Crippen LogP contribution in [0.1, 0.15) is 31.1 Å². The van der Waals surface area contributed by atoms with Gasteiger partial charge < -0.3 is 14.8 Å². The average molecular weight is 289 g/mol. The van der Waals surface area contributed by atoms with Crippen molar-refractivity contribution in [2.45, 2.75) is 33.0 Å². The first-order chi connectivity index (χ1) is 10.2. The fourth-order valence-corrected chi connectivity index (χ4v) is 2.44. The van der Waals surface area contributed by atoms with Crippen molar-refractivity contribution in [2.75, 3.05) is 14.2 Å². The van der Waals surface area contributed by atoms with Gasteiger partial charge in [0.2, 0.25) is 0 Å². The van der Waals surface area contributed by atoms with E-state index in [1.165, 1.54) is 5.69 Å². The molecule has 0 saturated carbocycles. The molecule has 1 unspecified atom stereocenters. The van der Waals surface area contributed by atoms with Gasteiger partial charge in [-0.05, 0) is 26.0 Å². The van der Waals surface area contributed by atoms with Crippen LogP contribution in [0.5, 0.6) is 11.5 Å². The standard InChI is InChI=1S/C16H23N3O2/c1-5-19-14(9-10-18-19)12(2)17-11-13-7-6-8-15(20-3)16(13)21-4/h6-10,12,17H,5,11H2,1-4H3. The monoisotopic (exact) mass is 289 g/mol. The Bertz CT molecular complexity index is 581. The molecule has 1 N–H and O–H groups in total. The van der Waals surface area contributed by atoms with Crippen molar-refractivity contribution in [1.29, 1.82) is 0 Å². The van der Waals surface area contributed by atoms with Gasteiger partial charge in [-0.25, -0.2) is 0 Å². The van der Waals surface area contributed by atoms with Crippen LogP contribution < -0.4 is 14.8 Å². The molecule has 1 heterocycles. The van der Waals surface area contributed by atoms with Crippen LogP contribution in [-0.4, -0.2) is 24.0 Å². The molecule has 5 nitrogen and oxygen atoms in total. The molecule has 21 heavy (non-hydrogen) atoms. The first-order valence-corrected chi connectivity index (χ1v) is 7.16. The fourth-order valence-electron chi connectivity index (χ4n) is 2.44. The molecule has 0 fully saturated rings. The summed E-state index contributed by atoms with van der Waals surface area (Å²) in [6.45, 7) is 5.80. The van der Waals surface area contributed by atoms with E-state index in [-0.39, 0.29) is 6.04 Å². The highest BCUT2D eigenvalue weighted by Gasteiger charge is 2.13.